The van der Waals surface area contributed by atoms with Crippen LogP contribution in [0.2, 0.25) is 0 Å². The highest BCUT2D eigenvalue weighted by atomic mass is 32.2. The zero-order valence-electron chi connectivity index (χ0n) is 21.3. The number of carbonyl (C=O) groups excluding carboxylic acids is 2. The lowest BCUT2D eigenvalue weighted by atomic mass is 9.53. The Kier molecular flexibility index (Phi) is 7.62. The van der Waals surface area contributed by atoms with Crippen LogP contribution in [0.5, 0.6) is 0 Å². The highest BCUT2D eigenvalue weighted by molar-refractivity contribution is 7.89. The number of halogens is 2. The molecule has 1 aliphatic carbocycles. The predicted octanol–water partition coefficient (Wildman–Crippen LogP) is 4.10. The van der Waals surface area contributed by atoms with Crippen LogP contribution in [0.4, 0.5) is 8.78 Å². The zero-order valence-corrected chi connectivity index (χ0v) is 22.1. The van der Waals surface area contributed by atoms with Crippen molar-refractivity contribution in [1.29, 1.82) is 0 Å². The van der Waals surface area contributed by atoms with Gasteiger partial charge in [0.25, 0.3) is 0 Å². The summed E-state index contributed by atoms with van der Waals surface area (Å²) in [5, 5.41) is 9.72. The molecule has 0 spiro atoms. The summed E-state index contributed by atoms with van der Waals surface area (Å²) in [6.45, 7) is 4.88. The van der Waals surface area contributed by atoms with Gasteiger partial charge in [0.15, 0.2) is 5.78 Å². The molecule has 10 heteroatoms. The summed E-state index contributed by atoms with van der Waals surface area (Å²) >= 11 is 0. The SMILES string of the molecule is C=CC1(O)CC(C(=O)CC(=O)OC)(c2cc(F)c(CN3[C@@H](C)CC[C@H](c4ccccc4)S3(=O)=O)cc2F)C1. The smallest absolute Gasteiger partial charge is 0.313 e. The van der Waals surface area contributed by atoms with E-state index in [9.17, 15) is 23.1 Å². The average Bonchev–Trinajstić information content (AvgIpc) is 2.86. The van der Waals surface area contributed by atoms with Crippen molar-refractivity contribution in [1.82, 2.24) is 4.31 Å². The normalized spacial score (nSPS) is 28.8. The van der Waals surface area contributed by atoms with Crippen molar-refractivity contribution in [3.05, 3.63) is 83.4 Å². The number of carbonyl (C=O) groups is 2. The summed E-state index contributed by atoms with van der Waals surface area (Å²) < 4.78 is 63.8. The largest absolute Gasteiger partial charge is 0.469 e. The molecule has 2 atom stereocenters. The van der Waals surface area contributed by atoms with Gasteiger partial charge >= 0.3 is 5.97 Å². The molecule has 0 radical (unpaired) electrons. The highest BCUT2D eigenvalue weighted by Crippen LogP contribution is 2.53. The maximum absolute atomic E-state index is 15.6. The van der Waals surface area contributed by atoms with Crippen molar-refractivity contribution in [3.8, 4) is 0 Å². The number of ketones is 1. The van der Waals surface area contributed by atoms with E-state index in [-0.39, 0.29) is 30.5 Å². The summed E-state index contributed by atoms with van der Waals surface area (Å²) in [5.74, 6) is -3.35. The fourth-order valence-corrected chi connectivity index (χ4v) is 7.83. The number of methoxy groups -OCH3 is 1. The molecule has 0 amide bonds. The molecule has 38 heavy (non-hydrogen) atoms. The van der Waals surface area contributed by atoms with Crippen LogP contribution >= 0.6 is 0 Å². The number of Topliss-reactive ketones (excluding diaryl/α,β-unsaturated/α-hetero) is 1. The maximum atomic E-state index is 15.6. The second-order valence-corrected chi connectivity index (χ2v) is 12.3. The monoisotopic (exact) mass is 547 g/mol. The number of esters is 1. The lowest BCUT2D eigenvalue weighted by Crippen LogP contribution is -2.58. The van der Waals surface area contributed by atoms with Gasteiger partial charge in [-0.1, -0.05) is 36.4 Å². The van der Waals surface area contributed by atoms with E-state index >= 15 is 8.78 Å². The second kappa shape index (κ2) is 10.3. The van der Waals surface area contributed by atoms with Crippen LogP contribution in [-0.4, -0.2) is 48.3 Å². The summed E-state index contributed by atoms with van der Waals surface area (Å²) in [5.41, 5.74) is -2.96. The molecular formula is C28H31F2NO6S. The molecule has 2 aromatic carbocycles. The van der Waals surface area contributed by atoms with Crippen LogP contribution in [0.15, 0.2) is 55.1 Å². The third-order valence-electron chi connectivity index (χ3n) is 7.84. The van der Waals surface area contributed by atoms with Gasteiger partial charge in [0.05, 0.1) is 18.1 Å². The first-order chi connectivity index (χ1) is 17.9. The number of rotatable bonds is 8. The van der Waals surface area contributed by atoms with E-state index in [1.807, 2.05) is 0 Å². The van der Waals surface area contributed by atoms with Crippen LogP contribution in [0, 0.1) is 11.6 Å². The van der Waals surface area contributed by atoms with Gasteiger partial charge in [-0.15, -0.1) is 6.58 Å². The van der Waals surface area contributed by atoms with Gasteiger partial charge in [-0.25, -0.2) is 17.2 Å². The van der Waals surface area contributed by atoms with E-state index in [4.69, 9.17) is 0 Å². The van der Waals surface area contributed by atoms with Crippen LogP contribution in [0.3, 0.4) is 0 Å². The van der Waals surface area contributed by atoms with Gasteiger partial charge in [-0.3, -0.25) is 9.59 Å². The zero-order chi connectivity index (χ0) is 27.9. The fourth-order valence-electron chi connectivity index (χ4n) is 5.64. The molecule has 1 heterocycles. The standard InChI is InChI=1S/C28H31F2NO6S/c1-4-27(34)16-28(17-27,25(32)14-26(33)37-3)21-13-22(29)20(12-23(21)30)15-31-18(2)10-11-24(38(31,35)36)19-8-6-5-7-9-19/h4-9,12-13,18,24,34H,1,10-11,14-17H2,2-3H3/t18-,24+,27?,28?/m0/s1. The Labute approximate surface area is 221 Å². The molecule has 1 saturated heterocycles. The lowest BCUT2D eigenvalue weighted by Gasteiger charge is -2.51. The number of benzene rings is 2. The minimum atomic E-state index is -3.88. The van der Waals surface area contributed by atoms with Crippen LogP contribution in [0.25, 0.3) is 0 Å². The number of sulfonamides is 1. The van der Waals surface area contributed by atoms with E-state index < -0.39 is 62.1 Å². The van der Waals surface area contributed by atoms with Gasteiger partial charge in [-0.2, -0.15) is 4.31 Å². The van der Waals surface area contributed by atoms with Crippen LogP contribution in [0.1, 0.15) is 61.0 Å². The maximum Gasteiger partial charge on any atom is 0.313 e. The Morgan fingerprint density at radius 2 is 1.82 bits per heavy atom. The summed E-state index contributed by atoms with van der Waals surface area (Å²) in [7, 11) is -2.77. The van der Waals surface area contributed by atoms with E-state index in [2.05, 4.69) is 11.3 Å². The van der Waals surface area contributed by atoms with Crippen molar-refractivity contribution in [2.45, 2.75) is 67.9 Å². The number of hydrogen-bond donors (Lipinski definition) is 1. The van der Waals surface area contributed by atoms with Gasteiger partial charge in [0.2, 0.25) is 10.0 Å². The minimum Gasteiger partial charge on any atom is -0.469 e. The molecule has 7 nitrogen and oxygen atoms in total. The quantitative estimate of drug-likeness (QED) is 0.303. The molecule has 0 bridgehead atoms. The predicted molar refractivity (Wildman–Crippen MR) is 136 cm³/mol. The first-order valence-corrected chi connectivity index (χ1v) is 13.9. The molecule has 204 valence electrons. The van der Waals surface area contributed by atoms with Crippen LogP contribution in [-0.2, 0) is 36.3 Å². The molecule has 0 unspecified atom stereocenters. The molecule has 2 aromatic rings. The molecule has 2 aliphatic rings. The first-order valence-electron chi connectivity index (χ1n) is 12.4. The van der Waals surface area contributed by atoms with Crippen molar-refractivity contribution < 1.29 is 36.6 Å². The second-order valence-electron chi connectivity index (χ2n) is 10.3. The summed E-state index contributed by atoms with van der Waals surface area (Å²) in [4.78, 5) is 24.8. The number of aliphatic hydroxyl groups is 1. The Bertz CT molecular complexity index is 1350. The Morgan fingerprint density at radius 1 is 1.16 bits per heavy atom. The van der Waals surface area contributed by atoms with Crippen molar-refractivity contribution in [2.75, 3.05) is 7.11 Å². The van der Waals surface area contributed by atoms with Crippen molar-refractivity contribution in [3.63, 3.8) is 0 Å². The van der Waals surface area contributed by atoms with Gasteiger partial charge < -0.3 is 9.84 Å². The Balaban J connectivity index is 1.67. The first kappa shape index (κ1) is 28.1. The highest BCUT2D eigenvalue weighted by Gasteiger charge is 2.59. The number of hydrogen-bond acceptors (Lipinski definition) is 6. The summed E-state index contributed by atoms with van der Waals surface area (Å²) in [6.07, 6.45) is 0.974. The lowest BCUT2D eigenvalue weighted by molar-refractivity contribution is -0.150. The van der Waals surface area contributed by atoms with E-state index in [0.717, 1.165) is 19.2 Å². The minimum absolute atomic E-state index is 0.177. The van der Waals surface area contributed by atoms with Gasteiger partial charge in [0.1, 0.15) is 23.3 Å². The Morgan fingerprint density at radius 3 is 2.42 bits per heavy atom. The van der Waals surface area contributed by atoms with E-state index in [0.29, 0.717) is 18.4 Å². The topological polar surface area (TPSA) is 101 Å². The summed E-state index contributed by atoms with van der Waals surface area (Å²) in [6, 6.07) is 10.1. The van der Waals surface area contributed by atoms with Gasteiger partial charge in [0, 0.05) is 23.7 Å². The third-order valence-corrected chi connectivity index (χ3v) is 10.2. The molecular weight excluding hydrogens is 516 g/mol. The number of ether oxygens (including phenoxy) is 1. The van der Waals surface area contributed by atoms with Crippen molar-refractivity contribution in [2.24, 2.45) is 0 Å². The molecule has 0 aromatic heterocycles. The molecule has 2 fully saturated rings. The fraction of sp³-hybridized carbons (Fsp3) is 0.429. The molecule has 1 N–H and O–H groups in total. The van der Waals surface area contributed by atoms with E-state index in [1.54, 1.807) is 37.3 Å². The van der Waals surface area contributed by atoms with Crippen molar-refractivity contribution >= 4 is 21.8 Å². The van der Waals surface area contributed by atoms with Crippen LogP contribution < -0.4 is 0 Å². The molecule has 4 rings (SSSR count). The molecule has 1 saturated carbocycles. The van der Waals surface area contributed by atoms with Gasteiger partial charge in [-0.05, 0) is 50.3 Å². The third kappa shape index (κ3) is 4.92. The van der Waals surface area contributed by atoms with E-state index in [1.165, 1.54) is 10.4 Å². The average molecular weight is 548 g/mol. The molecule has 1 aliphatic heterocycles. The number of nitrogens with zero attached hydrogens (tertiary/aromatic N) is 1. The Hall–Kier alpha value is -2.95.